The maximum atomic E-state index is 13.5. The lowest BCUT2D eigenvalue weighted by molar-refractivity contribution is -0.153. The molecule has 0 aliphatic heterocycles. The minimum atomic E-state index is -0.360. The van der Waals surface area contributed by atoms with Gasteiger partial charge in [-0.1, -0.05) is 32.3 Å². The summed E-state index contributed by atoms with van der Waals surface area (Å²) in [5.41, 5.74) is 1.38. The highest BCUT2D eigenvalue weighted by atomic mass is 16.5. The molecule has 4 aliphatic carbocycles. The monoisotopic (exact) mass is 358 g/mol. The van der Waals surface area contributed by atoms with Gasteiger partial charge in [0.2, 0.25) is 0 Å². The Morgan fingerprint density at radius 1 is 1.15 bits per heavy atom. The van der Waals surface area contributed by atoms with Gasteiger partial charge >= 0.3 is 5.97 Å². The second kappa shape index (κ2) is 6.21. The predicted octanol–water partition coefficient (Wildman–Crippen LogP) is 5.09. The second-order valence-electron chi connectivity index (χ2n) is 9.90. The largest absolute Gasteiger partial charge is 0.463 e. The maximum Gasteiger partial charge on any atom is 0.302 e. The average Bonchev–Trinajstić information content (AvgIpc) is 2.94. The lowest BCUT2D eigenvalue weighted by Crippen LogP contribution is -2.51. The quantitative estimate of drug-likeness (QED) is 0.646. The Labute approximate surface area is 157 Å². The van der Waals surface area contributed by atoms with Crippen LogP contribution in [0.3, 0.4) is 0 Å². The number of ketones is 1. The van der Waals surface area contributed by atoms with Crippen molar-refractivity contribution in [3.05, 3.63) is 11.6 Å². The van der Waals surface area contributed by atoms with Gasteiger partial charge < -0.3 is 4.74 Å². The summed E-state index contributed by atoms with van der Waals surface area (Å²) in [5, 5.41) is 0. The summed E-state index contributed by atoms with van der Waals surface area (Å²) in [4.78, 5) is 24.9. The Morgan fingerprint density at radius 2 is 1.92 bits per heavy atom. The Kier molecular flexibility index (Phi) is 4.36. The third-order valence-corrected chi connectivity index (χ3v) is 8.84. The molecular formula is C23H34O3. The summed E-state index contributed by atoms with van der Waals surface area (Å²) in [6.07, 6.45) is 11.8. The summed E-state index contributed by atoms with van der Waals surface area (Å²) >= 11 is 0. The predicted molar refractivity (Wildman–Crippen MR) is 101 cm³/mol. The normalized spacial score (nSPS) is 45.8. The van der Waals surface area contributed by atoms with Gasteiger partial charge in [-0.25, -0.2) is 0 Å². The van der Waals surface area contributed by atoms with E-state index in [1.54, 1.807) is 0 Å². The number of carbonyl (C=O) groups is 2. The zero-order chi connectivity index (χ0) is 18.7. The van der Waals surface area contributed by atoms with Crippen LogP contribution in [0.2, 0.25) is 0 Å². The van der Waals surface area contributed by atoms with E-state index in [0.717, 1.165) is 18.8 Å². The molecule has 0 heterocycles. The first kappa shape index (κ1) is 18.3. The number of fused-ring (bicyclic) bond motifs is 5. The molecule has 7 atom stereocenters. The fourth-order valence-corrected chi connectivity index (χ4v) is 7.48. The fraction of sp³-hybridized carbons (Fsp3) is 0.826. The van der Waals surface area contributed by atoms with Crippen LogP contribution in [-0.4, -0.2) is 17.9 Å². The topological polar surface area (TPSA) is 43.4 Å². The zero-order valence-electron chi connectivity index (χ0n) is 16.8. The highest BCUT2D eigenvalue weighted by molar-refractivity contribution is 5.97. The van der Waals surface area contributed by atoms with Crippen molar-refractivity contribution in [1.82, 2.24) is 0 Å². The van der Waals surface area contributed by atoms with Gasteiger partial charge in [-0.3, -0.25) is 9.59 Å². The van der Waals surface area contributed by atoms with E-state index in [1.807, 2.05) is 6.92 Å². The SMILES string of the molecule is CC(=O)OC(C)[C@H]1CC[C@H]2[C@@H]3CC[C@H]4CCCC[C@]4(C)C3=CC(=O)[C@]12C. The summed E-state index contributed by atoms with van der Waals surface area (Å²) in [6.45, 7) is 8.06. The molecule has 3 saturated carbocycles. The van der Waals surface area contributed by atoms with Crippen LogP contribution in [0.4, 0.5) is 0 Å². The first-order valence-electron chi connectivity index (χ1n) is 10.7. The van der Waals surface area contributed by atoms with Crippen molar-refractivity contribution >= 4 is 11.8 Å². The fourth-order valence-electron chi connectivity index (χ4n) is 7.48. The number of ether oxygens (including phenoxy) is 1. The van der Waals surface area contributed by atoms with E-state index in [-0.39, 0.29) is 28.8 Å². The van der Waals surface area contributed by atoms with Gasteiger partial charge in [-0.15, -0.1) is 0 Å². The molecule has 4 aliphatic rings. The van der Waals surface area contributed by atoms with Gasteiger partial charge in [0.15, 0.2) is 5.78 Å². The molecule has 1 unspecified atom stereocenters. The average molecular weight is 359 g/mol. The lowest BCUT2D eigenvalue weighted by Gasteiger charge is -2.55. The van der Waals surface area contributed by atoms with Gasteiger partial charge in [-0.05, 0) is 74.7 Å². The Hall–Kier alpha value is -1.12. The number of rotatable bonds is 2. The van der Waals surface area contributed by atoms with Gasteiger partial charge in [0.25, 0.3) is 0 Å². The Morgan fingerprint density at radius 3 is 2.65 bits per heavy atom. The molecule has 0 aromatic rings. The van der Waals surface area contributed by atoms with Crippen molar-refractivity contribution in [2.45, 2.75) is 85.2 Å². The van der Waals surface area contributed by atoms with Crippen molar-refractivity contribution in [2.24, 2.45) is 34.5 Å². The van der Waals surface area contributed by atoms with E-state index in [9.17, 15) is 9.59 Å². The summed E-state index contributed by atoms with van der Waals surface area (Å²) in [6, 6.07) is 0. The lowest BCUT2D eigenvalue weighted by atomic mass is 9.48. The van der Waals surface area contributed by atoms with Crippen molar-refractivity contribution in [3.8, 4) is 0 Å². The molecule has 0 N–H and O–H groups in total. The third-order valence-electron chi connectivity index (χ3n) is 8.84. The molecule has 4 rings (SSSR count). The molecule has 3 fully saturated rings. The molecule has 3 nitrogen and oxygen atoms in total. The summed E-state index contributed by atoms with van der Waals surface area (Å²) in [7, 11) is 0. The van der Waals surface area contributed by atoms with Crippen LogP contribution in [0.25, 0.3) is 0 Å². The van der Waals surface area contributed by atoms with Crippen LogP contribution in [0.5, 0.6) is 0 Å². The molecule has 0 radical (unpaired) electrons. The first-order chi connectivity index (χ1) is 12.3. The maximum absolute atomic E-state index is 13.5. The summed E-state index contributed by atoms with van der Waals surface area (Å²) < 4.78 is 5.53. The molecule has 0 saturated heterocycles. The van der Waals surface area contributed by atoms with E-state index in [4.69, 9.17) is 4.74 Å². The highest BCUT2D eigenvalue weighted by Crippen LogP contribution is 2.64. The van der Waals surface area contributed by atoms with Crippen LogP contribution in [0.1, 0.15) is 79.1 Å². The minimum Gasteiger partial charge on any atom is -0.463 e. The van der Waals surface area contributed by atoms with Gasteiger partial charge in [0.1, 0.15) is 6.10 Å². The van der Waals surface area contributed by atoms with Crippen molar-refractivity contribution < 1.29 is 14.3 Å². The van der Waals surface area contributed by atoms with Crippen LogP contribution in [0.15, 0.2) is 11.6 Å². The molecule has 144 valence electrons. The standard InChI is InChI=1S/C23H34O3/c1-14(26-15(2)24)18-10-11-19-17-9-8-16-7-5-6-12-22(16,3)20(17)13-21(25)23(18,19)4/h13-14,16-19H,5-12H2,1-4H3/t14?,16-,17+,18-,19+,22+,23-/m1/s1. The molecule has 0 amide bonds. The Bertz CT molecular complexity index is 650. The molecule has 0 bridgehead atoms. The highest BCUT2D eigenvalue weighted by Gasteiger charge is 2.61. The van der Waals surface area contributed by atoms with Gasteiger partial charge in [0.05, 0.1) is 0 Å². The van der Waals surface area contributed by atoms with Crippen LogP contribution in [0, 0.1) is 34.5 Å². The van der Waals surface area contributed by atoms with E-state index in [2.05, 4.69) is 19.9 Å². The molecule has 3 heteroatoms. The third kappa shape index (κ3) is 2.45. The Balaban J connectivity index is 1.69. The number of esters is 1. The molecular weight excluding hydrogens is 324 g/mol. The molecule has 26 heavy (non-hydrogen) atoms. The molecule has 0 spiro atoms. The van der Waals surface area contributed by atoms with Crippen LogP contribution < -0.4 is 0 Å². The minimum absolute atomic E-state index is 0.151. The molecule has 0 aromatic carbocycles. The summed E-state index contributed by atoms with van der Waals surface area (Å²) in [5.74, 6) is 1.98. The number of allylic oxidation sites excluding steroid dienone is 2. The smallest absolute Gasteiger partial charge is 0.302 e. The van der Waals surface area contributed by atoms with E-state index in [0.29, 0.717) is 17.6 Å². The van der Waals surface area contributed by atoms with E-state index in [1.165, 1.54) is 51.0 Å². The van der Waals surface area contributed by atoms with Gasteiger partial charge in [0, 0.05) is 18.3 Å². The van der Waals surface area contributed by atoms with Gasteiger partial charge in [-0.2, -0.15) is 0 Å². The van der Waals surface area contributed by atoms with E-state index < -0.39 is 0 Å². The van der Waals surface area contributed by atoms with E-state index >= 15 is 0 Å². The van der Waals surface area contributed by atoms with Crippen molar-refractivity contribution in [3.63, 3.8) is 0 Å². The number of hydrogen-bond donors (Lipinski definition) is 0. The number of carbonyl (C=O) groups excluding carboxylic acids is 2. The second-order valence-corrected chi connectivity index (χ2v) is 9.90. The van der Waals surface area contributed by atoms with Crippen LogP contribution in [-0.2, 0) is 14.3 Å². The van der Waals surface area contributed by atoms with Crippen molar-refractivity contribution in [1.29, 1.82) is 0 Å². The number of hydrogen-bond acceptors (Lipinski definition) is 3. The van der Waals surface area contributed by atoms with Crippen LogP contribution >= 0.6 is 0 Å². The van der Waals surface area contributed by atoms with Crippen molar-refractivity contribution in [2.75, 3.05) is 0 Å². The zero-order valence-corrected chi connectivity index (χ0v) is 16.8. The first-order valence-corrected chi connectivity index (χ1v) is 10.7. The molecule has 0 aromatic heterocycles.